The molecule has 2 saturated heterocycles. The summed E-state index contributed by atoms with van der Waals surface area (Å²) < 4.78 is 0. The van der Waals surface area contributed by atoms with Crippen LogP contribution in [0.1, 0.15) is 6.92 Å². The molecule has 0 bridgehead atoms. The predicted octanol–water partition coefficient (Wildman–Crippen LogP) is -2.24. The Hall–Kier alpha value is -0.240. The van der Waals surface area contributed by atoms with E-state index in [1.165, 1.54) is 0 Å². The van der Waals surface area contributed by atoms with Crippen molar-refractivity contribution >= 4 is 0 Å². The minimum Gasteiger partial charge on any atom is -0.314 e. The maximum Gasteiger partial charge on any atom is 0.0952 e. The second-order valence-corrected chi connectivity index (χ2v) is 5.19. The Bertz CT molecular complexity index is 232. The van der Waals surface area contributed by atoms with E-state index < -0.39 is 5.66 Å². The van der Waals surface area contributed by atoms with E-state index in [4.69, 9.17) is 11.5 Å². The van der Waals surface area contributed by atoms with Crippen molar-refractivity contribution in [2.45, 2.75) is 18.8 Å². The molecule has 2 aliphatic heterocycles. The molecule has 0 aliphatic carbocycles. The molecule has 0 aromatic carbocycles. The Kier molecular flexibility index (Phi) is 4.35. The van der Waals surface area contributed by atoms with E-state index in [2.05, 4.69) is 27.4 Å². The first-order valence-electron chi connectivity index (χ1n) is 6.57. The highest BCUT2D eigenvalue weighted by Crippen LogP contribution is 2.16. The zero-order valence-corrected chi connectivity index (χ0v) is 10.8. The average molecular weight is 242 g/mol. The summed E-state index contributed by atoms with van der Waals surface area (Å²) in [6.45, 7) is 10.0. The van der Waals surface area contributed by atoms with Gasteiger partial charge < -0.3 is 22.1 Å². The summed E-state index contributed by atoms with van der Waals surface area (Å²) in [5, 5.41) is 6.68. The van der Waals surface area contributed by atoms with Gasteiger partial charge in [-0.25, -0.2) is 0 Å². The lowest BCUT2D eigenvalue weighted by atomic mass is 10.1. The minimum absolute atomic E-state index is 0.0947. The van der Waals surface area contributed by atoms with Gasteiger partial charge in [0.1, 0.15) is 0 Å². The van der Waals surface area contributed by atoms with Crippen LogP contribution in [0.15, 0.2) is 0 Å². The van der Waals surface area contributed by atoms with Gasteiger partial charge in [0.2, 0.25) is 0 Å². The molecule has 2 unspecified atom stereocenters. The van der Waals surface area contributed by atoms with Crippen LogP contribution >= 0.6 is 0 Å². The van der Waals surface area contributed by atoms with Gasteiger partial charge in [0, 0.05) is 52.4 Å². The van der Waals surface area contributed by atoms with Crippen molar-refractivity contribution in [3.8, 4) is 0 Å². The SMILES string of the molecule is CC(N)(C(N)N1CCNCC1)N1CCNCC1. The Labute approximate surface area is 104 Å². The third kappa shape index (κ3) is 2.96. The molecule has 6 N–H and O–H groups in total. The predicted molar refractivity (Wildman–Crippen MR) is 69.5 cm³/mol. The minimum atomic E-state index is -0.445. The van der Waals surface area contributed by atoms with Gasteiger partial charge in [-0.1, -0.05) is 0 Å². The van der Waals surface area contributed by atoms with Crippen LogP contribution in [0.3, 0.4) is 0 Å². The van der Waals surface area contributed by atoms with E-state index in [1.54, 1.807) is 0 Å². The van der Waals surface area contributed by atoms with Crippen molar-refractivity contribution in [2.24, 2.45) is 11.5 Å². The summed E-state index contributed by atoms with van der Waals surface area (Å²) in [5.41, 5.74) is 12.4. The van der Waals surface area contributed by atoms with Gasteiger partial charge in [-0.05, 0) is 6.92 Å². The van der Waals surface area contributed by atoms with Gasteiger partial charge >= 0.3 is 0 Å². The molecule has 2 heterocycles. The molecule has 100 valence electrons. The topological polar surface area (TPSA) is 82.6 Å². The van der Waals surface area contributed by atoms with Crippen LogP contribution in [0.2, 0.25) is 0 Å². The average Bonchev–Trinajstić information content (AvgIpc) is 2.40. The van der Waals surface area contributed by atoms with Crippen molar-refractivity contribution in [3.63, 3.8) is 0 Å². The molecule has 2 rings (SSSR count). The van der Waals surface area contributed by atoms with Crippen LogP contribution in [-0.4, -0.2) is 74.0 Å². The largest absolute Gasteiger partial charge is 0.314 e. The van der Waals surface area contributed by atoms with E-state index in [0.717, 1.165) is 52.4 Å². The van der Waals surface area contributed by atoms with Gasteiger partial charge in [0.25, 0.3) is 0 Å². The smallest absolute Gasteiger partial charge is 0.0952 e. The number of piperazine rings is 2. The molecule has 2 fully saturated rings. The summed E-state index contributed by atoms with van der Waals surface area (Å²) in [7, 11) is 0. The third-order valence-corrected chi connectivity index (χ3v) is 3.94. The van der Waals surface area contributed by atoms with Crippen LogP contribution in [0.25, 0.3) is 0 Å². The summed E-state index contributed by atoms with van der Waals surface area (Å²) >= 11 is 0. The molecule has 17 heavy (non-hydrogen) atoms. The van der Waals surface area contributed by atoms with Gasteiger partial charge in [-0.2, -0.15) is 0 Å². The van der Waals surface area contributed by atoms with Crippen LogP contribution in [0, 0.1) is 0 Å². The molecule has 0 aromatic rings. The fourth-order valence-electron chi connectivity index (χ4n) is 2.66. The molecule has 6 nitrogen and oxygen atoms in total. The molecule has 0 spiro atoms. The first-order valence-corrected chi connectivity index (χ1v) is 6.57. The van der Waals surface area contributed by atoms with E-state index in [-0.39, 0.29) is 6.17 Å². The molecular weight excluding hydrogens is 216 g/mol. The lowest BCUT2D eigenvalue weighted by Gasteiger charge is -2.48. The first-order chi connectivity index (χ1) is 8.12. The van der Waals surface area contributed by atoms with Crippen molar-refractivity contribution in [2.75, 3.05) is 52.4 Å². The second-order valence-electron chi connectivity index (χ2n) is 5.19. The molecule has 6 heteroatoms. The van der Waals surface area contributed by atoms with E-state index in [9.17, 15) is 0 Å². The molecular formula is C11H26N6. The highest BCUT2D eigenvalue weighted by molar-refractivity contribution is 4.93. The normalized spacial score (nSPS) is 29.8. The highest BCUT2D eigenvalue weighted by atomic mass is 15.4. The first kappa shape index (κ1) is 13.2. The number of hydrogen-bond acceptors (Lipinski definition) is 6. The standard InChI is InChI=1S/C11H26N6/c1-11(13,17-8-4-15-5-9-17)10(12)16-6-2-14-3-7-16/h10,14-15H,2-9,12-13H2,1H3. The zero-order chi connectivity index (χ0) is 12.3. The fourth-order valence-corrected chi connectivity index (χ4v) is 2.66. The van der Waals surface area contributed by atoms with Crippen molar-refractivity contribution in [1.29, 1.82) is 0 Å². The summed E-state index contributed by atoms with van der Waals surface area (Å²) in [6.07, 6.45) is -0.0947. The number of nitrogens with two attached hydrogens (primary N) is 2. The van der Waals surface area contributed by atoms with Gasteiger partial charge in [-0.15, -0.1) is 0 Å². The van der Waals surface area contributed by atoms with Gasteiger partial charge in [0.05, 0.1) is 11.8 Å². The van der Waals surface area contributed by atoms with Crippen LogP contribution < -0.4 is 22.1 Å². The van der Waals surface area contributed by atoms with Crippen molar-refractivity contribution in [1.82, 2.24) is 20.4 Å². The maximum atomic E-state index is 6.48. The third-order valence-electron chi connectivity index (χ3n) is 3.94. The molecule has 0 aromatic heterocycles. The zero-order valence-electron chi connectivity index (χ0n) is 10.8. The van der Waals surface area contributed by atoms with E-state index in [0.29, 0.717) is 0 Å². The number of nitrogens with one attached hydrogen (secondary N) is 2. The number of nitrogens with zero attached hydrogens (tertiary/aromatic N) is 2. The quantitative estimate of drug-likeness (QED) is 0.448. The van der Waals surface area contributed by atoms with E-state index >= 15 is 0 Å². The van der Waals surface area contributed by atoms with Crippen molar-refractivity contribution < 1.29 is 0 Å². The van der Waals surface area contributed by atoms with E-state index in [1.807, 2.05) is 0 Å². The Morgan fingerprint density at radius 3 is 2.00 bits per heavy atom. The number of rotatable bonds is 3. The van der Waals surface area contributed by atoms with Crippen LogP contribution in [0.4, 0.5) is 0 Å². The Balaban J connectivity index is 1.96. The van der Waals surface area contributed by atoms with Gasteiger partial charge in [0.15, 0.2) is 0 Å². The van der Waals surface area contributed by atoms with Crippen molar-refractivity contribution in [3.05, 3.63) is 0 Å². The van der Waals surface area contributed by atoms with Crippen LogP contribution in [0.5, 0.6) is 0 Å². The Morgan fingerprint density at radius 1 is 1.00 bits per heavy atom. The molecule has 0 radical (unpaired) electrons. The second kappa shape index (κ2) is 5.60. The summed E-state index contributed by atoms with van der Waals surface area (Å²) in [5.74, 6) is 0. The van der Waals surface area contributed by atoms with Crippen LogP contribution in [-0.2, 0) is 0 Å². The lowest BCUT2D eigenvalue weighted by molar-refractivity contribution is 0.000582. The number of hydrogen-bond donors (Lipinski definition) is 4. The monoisotopic (exact) mass is 242 g/mol. The molecule has 2 aliphatic rings. The molecule has 0 amide bonds. The maximum absolute atomic E-state index is 6.48. The fraction of sp³-hybridized carbons (Fsp3) is 1.00. The lowest BCUT2D eigenvalue weighted by Crippen LogP contribution is -2.73. The molecule has 2 atom stereocenters. The summed E-state index contributed by atoms with van der Waals surface area (Å²) in [6, 6.07) is 0. The van der Waals surface area contributed by atoms with Gasteiger partial charge in [-0.3, -0.25) is 9.80 Å². The highest BCUT2D eigenvalue weighted by Gasteiger charge is 2.38. The molecule has 0 saturated carbocycles. The summed E-state index contributed by atoms with van der Waals surface area (Å²) in [4.78, 5) is 4.59. The Morgan fingerprint density at radius 2 is 1.47 bits per heavy atom.